The van der Waals surface area contributed by atoms with E-state index in [1.165, 1.54) is 11.3 Å². The zero-order chi connectivity index (χ0) is 19.4. The van der Waals surface area contributed by atoms with Crippen molar-refractivity contribution in [3.05, 3.63) is 69.5 Å². The summed E-state index contributed by atoms with van der Waals surface area (Å²) in [5, 5.41) is 17.1. The fourth-order valence-electron chi connectivity index (χ4n) is 2.64. The minimum atomic E-state index is -1.09. The van der Waals surface area contributed by atoms with Gasteiger partial charge in [0.15, 0.2) is 0 Å². The highest BCUT2D eigenvalue weighted by atomic mass is 79.9. The maximum absolute atomic E-state index is 12.3. The third-order valence-electron chi connectivity index (χ3n) is 3.98. The van der Waals surface area contributed by atoms with Gasteiger partial charge in [0.1, 0.15) is 10.6 Å². The molecule has 0 bridgehead atoms. The van der Waals surface area contributed by atoms with Gasteiger partial charge in [0.25, 0.3) is 0 Å². The summed E-state index contributed by atoms with van der Waals surface area (Å²) in [4.78, 5) is 24.1. The average molecular weight is 445 g/mol. The van der Waals surface area contributed by atoms with Gasteiger partial charge in [0.2, 0.25) is 0 Å². The molecule has 3 N–H and O–H groups in total. The highest BCUT2D eigenvalue weighted by Gasteiger charge is 2.21. The minimum Gasteiger partial charge on any atom is -0.478 e. The van der Waals surface area contributed by atoms with Gasteiger partial charge in [0.05, 0.1) is 0 Å². The van der Waals surface area contributed by atoms with Crippen molar-refractivity contribution < 1.29 is 14.7 Å². The number of anilines is 2. The van der Waals surface area contributed by atoms with Crippen molar-refractivity contribution in [2.24, 2.45) is 0 Å². The highest BCUT2D eigenvalue weighted by molar-refractivity contribution is 9.10. The Morgan fingerprint density at radius 2 is 1.85 bits per heavy atom. The van der Waals surface area contributed by atoms with Crippen LogP contribution in [0.1, 0.15) is 22.8 Å². The van der Waals surface area contributed by atoms with Crippen LogP contribution < -0.4 is 10.6 Å². The van der Waals surface area contributed by atoms with Crippen LogP contribution >= 0.6 is 27.3 Å². The Morgan fingerprint density at radius 3 is 2.52 bits per heavy atom. The molecule has 0 spiro atoms. The number of hydrogen-bond acceptors (Lipinski definition) is 3. The van der Waals surface area contributed by atoms with E-state index in [-0.39, 0.29) is 5.56 Å². The second-order valence-corrected chi connectivity index (χ2v) is 7.59. The lowest BCUT2D eigenvalue weighted by Crippen LogP contribution is -2.20. The van der Waals surface area contributed by atoms with E-state index in [1.807, 2.05) is 49.4 Å². The number of halogens is 1. The number of thiophene rings is 1. The maximum Gasteiger partial charge on any atom is 0.339 e. The van der Waals surface area contributed by atoms with Crippen molar-refractivity contribution in [3.8, 4) is 11.1 Å². The number of aryl methyl sites for hydroxylation is 1. The van der Waals surface area contributed by atoms with Gasteiger partial charge in [-0.3, -0.25) is 5.32 Å². The number of carbonyl (C=O) groups is 2. The molecule has 0 aliphatic carbocycles. The summed E-state index contributed by atoms with van der Waals surface area (Å²) in [6.45, 7) is 2.04. The number of carboxylic acids is 1. The molecule has 0 radical (unpaired) electrons. The fourth-order valence-corrected chi connectivity index (χ4v) is 3.86. The smallest absolute Gasteiger partial charge is 0.339 e. The summed E-state index contributed by atoms with van der Waals surface area (Å²) in [5.41, 5.74) is 3.19. The number of benzene rings is 2. The van der Waals surface area contributed by atoms with E-state index in [9.17, 15) is 14.7 Å². The molecule has 0 saturated carbocycles. The third kappa shape index (κ3) is 4.56. The van der Waals surface area contributed by atoms with Gasteiger partial charge in [-0.25, -0.2) is 9.59 Å². The number of aromatic carboxylic acids is 1. The van der Waals surface area contributed by atoms with Crippen molar-refractivity contribution in [1.29, 1.82) is 0 Å². The van der Waals surface area contributed by atoms with E-state index >= 15 is 0 Å². The molecule has 2 amide bonds. The van der Waals surface area contributed by atoms with Crippen molar-refractivity contribution >= 4 is 50.0 Å². The summed E-state index contributed by atoms with van der Waals surface area (Å²) in [7, 11) is 0. The van der Waals surface area contributed by atoms with Gasteiger partial charge in [0, 0.05) is 21.1 Å². The Kier molecular flexibility index (Phi) is 5.93. The third-order valence-corrected chi connectivity index (χ3v) is 5.40. The summed E-state index contributed by atoms with van der Waals surface area (Å²) in [6, 6.07) is 14.4. The van der Waals surface area contributed by atoms with Gasteiger partial charge < -0.3 is 10.4 Å². The zero-order valence-corrected chi connectivity index (χ0v) is 16.9. The van der Waals surface area contributed by atoms with Crippen LogP contribution in [-0.2, 0) is 6.42 Å². The first-order valence-corrected chi connectivity index (χ1v) is 9.93. The largest absolute Gasteiger partial charge is 0.478 e. The molecule has 0 aliphatic heterocycles. The highest BCUT2D eigenvalue weighted by Crippen LogP contribution is 2.36. The summed E-state index contributed by atoms with van der Waals surface area (Å²) in [6.07, 6.45) is 0.863. The van der Waals surface area contributed by atoms with E-state index in [1.54, 1.807) is 11.4 Å². The van der Waals surface area contributed by atoms with Crippen LogP contribution in [0.2, 0.25) is 0 Å². The Bertz CT molecular complexity index is 983. The van der Waals surface area contributed by atoms with Gasteiger partial charge in [-0.15, -0.1) is 11.3 Å². The molecular weight excluding hydrogens is 428 g/mol. The number of nitrogens with one attached hydrogen (secondary N) is 2. The van der Waals surface area contributed by atoms with E-state index in [0.717, 1.165) is 22.0 Å². The average Bonchev–Trinajstić information content (AvgIpc) is 3.06. The summed E-state index contributed by atoms with van der Waals surface area (Å²) >= 11 is 4.55. The maximum atomic E-state index is 12.3. The lowest BCUT2D eigenvalue weighted by Gasteiger charge is -2.09. The number of rotatable bonds is 5. The van der Waals surface area contributed by atoms with E-state index in [0.29, 0.717) is 16.3 Å². The van der Waals surface area contributed by atoms with E-state index < -0.39 is 12.0 Å². The first kappa shape index (κ1) is 19.1. The zero-order valence-electron chi connectivity index (χ0n) is 14.5. The van der Waals surface area contributed by atoms with Crippen molar-refractivity contribution in [3.63, 3.8) is 0 Å². The van der Waals surface area contributed by atoms with Crippen LogP contribution in [0.4, 0.5) is 15.5 Å². The predicted molar refractivity (Wildman–Crippen MR) is 113 cm³/mol. The molecule has 1 heterocycles. The standard InChI is InChI=1S/C20H17BrN2O3S/c1-2-12-4-3-5-15(10-12)22-20(26)23-18-17(19(24)25)16(11-27-18)13-6-8-14(21)9-7-13/h3-11H,2H2,1H3,(H,24,25)(H2,22,23,26). The number of carbonyl (C=O) groups excluding carboxylic acids is 1. The lowest BCUT2D eigenvalue weighted by atomic mass is 10.0. The minimum absolute atomic E-state index is 0.0831. The molecule has 2 aromatic carbocycles. The second-order valence-electron chi connectivity index (χ2n) is 5.80. The molecule has 138 valence electrons. The Morgan fingerprint density at radius 1 is 1.11 bits per heavy atom. The molecule has 7 heteroatoms. The molecular formula is C20H17BrN2O3S. The van der Waals surface area contributed by atoms with Crippen LogP contribution in [-0.4, -0.2) is 17.1 Å². The van der Waals surface area contributed by atoms with E-state index in [4.69, 9.17) is 0 Å². The van der Waals surface area contributed by atoms with Crippen LogP contribution in [0.3, 0.4) is 0 Å². The number of carboxylic acid groups (broad SMARTS) is 1. The Labute approximate surface area is 169 Å². The molecule has 0 saturated heterocycles. The first-order chi connectivity index (χ1) is 13.0. The Hall–Kier alpha value is -2.64. The topological polar surface area (TPSA) is 78.4 Å². The molecule has 3 rings (SSSR count). The molecule has 0 fully saturated rings. The predicted octanol–water partition coefficient (Wildman–Crippen LogP) is 6.08. The molecule has 0 unspecified atom stereocenters. The van der Waals surface area contributed by atoms with Gasteiger partial charge in [-0.1, -0.05) is 47.1 Å². The summed E-state index contributed by atoms with van der Waals surface area (Å²) in [5.74, 6) is -1.09. The van der Waals surface area contributed by atoms with Crippen LogP contribution in [0.5, 0.6) is 0 Å². The van der Waals surface area contributed by atoms with Gasteiger partial charge >= 0.3 is 12.0 Å². The second kappa shape index (κ2) is 8.37. The monoisotopic (exact) mass is 444 g/mol. The molecule has 1 aromatic heterocycles. The number of amides is 2. The SMILES string of the molecule is CCc1cccc(NC(=O)Nc2scc(-c3ccc(Br)cc3)c2C(=O)O)c1. The molecule has 5 nitrogen and oxygen atoms in total. The van der Waals surface area contributed by atoms with Crippen LogP contribution in [0, 0.1) is 0 Å². The van der Waals surface area contributed by atoms with Crippen LogP contribution in [0.15, 0.2) is 58.4 Å². The van der Waals surface area contributed by atoms with Gasteiger partial charge in [-0.05, 0) is 41.8 Å². The fraction of sp³-hybridized carbons (Fsp3) is 0.100. The van der Waals surface area contributed by atoms with E-state index in [2.05, 4.69) is 26.6 Å². The van der Waals surface area contributed by atoms with Gasteiger partial charge in [-0.2, -0.15) is 0 Å². The molecule has 0 atom stereocenters. The Balaban J connectivity index is 1.83. The number of urea groups is 1. The first-order valence-electron chi connectivity index (χ1n) is 8.25. The molecule has 27 heavy (non-hydrogen) atoms. The van der Waals surface area contributed by atoms with Crippen molar-refractivity contribution in [2.75, 3.05) is 10.6 Å². The summed E-state index contributed by atoms with van der Waals surface area (Å²) < 4.78 is 0.908. The number of hydrogen-bond donors (Lipinski definition) is 3. The van der Waals surface area contributed by atoms with Crippen molar-refractivity contribution in [2.45, 2.75) is 13.3 Å². The molecule has 0 aliphatic rings. The normalized spacial score (nSPS) is 10.4. The quantitative estimate of drug-likeness (QED) is 0.445. The molecule has 3 aromatic rings. The van der Waals surface area contributed by atoms with Crippen molar-refractivity contribution in [1.82, 2.24) is 0 Å². The lowest BCUT2D eigenvalue weighted by molar-refractivity contribution is 0.0699. The van der Waals surface area contributed by atoms with Crippen LogP contribution in [0.25, 0.3) is 11.1 Å².